The topological polar surface area (TPSA) is 105 Å². The molecule has 3 aromatic heterocycles. The molecule has 1 saturated carbocycles. The summed E-state index contributed by atoms with van der Waals surface area (Å²) in [6, 6.07) is 3.21. The maximum Gasteiger partial charge on any atom is 0.259 e. The van der Waals surface area contributed by atoms with Crippen LogP contribution in [0.25, 0.3) is 21.7 Å². The number of aromatic amines is 1. The van der Waals surface area contributed by atoms with E-state index in [4.69, 9.17) is 0 Å². The monoisotopic (exact) mass is 389 g/mol. The Hall–Kier alpha value is -2.51. The number of H-pyrrole nitrogens is 1. The zero-order chi connectivity index (χ0) is 18.3. The number of carbonyl (C=O) groups is 1. The molecule has 0 amide bonds. The van der Waals surface area contributed by atoms with E-state index >= 15 is 0 Å². The normalized spacial score (nSPS) is 19.7. The first-order valence-corrected chi connectivity index (χ1v) is 8.75. The Kier molecular flexibility index (Phi) is 5.43. The summed E-state index contributed by atoms with van der Waals surface area (Å²) in [6.45, 7) is -0.0716. The molecule has 0 saturated heterocycles. The van der Waals surface area contributed by atoms with Gasteiger partial charge in [-0.2, -0.15) is 0 Å². The maximum absolute atomic E-state index is 13.0. The smallest absolute Gasteiger partial charge is 0.259 e. The fourth-order valence-electron chi connectivity index (χ4n) is 3.83. The van der Waals surface area contributed by atoms with Gasteiger partial charge in [0.05, 0.1) is 28.9 Å². The number of nitrogens with zero attached hydrogens (tertiary/aromatic N) is 2. The van der Waals surface area contributed by atoms with Crippen molar-refractivity contribution in [3.63, 3.8) is 0 Å². The molecule has 0 bridgehead atoms. The van der Waals surface area contributed by atoms with E-state index in [1.54, 1.807) is 12.1 Å². The number of aliphatic hydroxyl groups is 1. The average Bonchev–Trinajstić information content (AvgIpc) is 2.65. The lowest BCUT2D eigenvalue weighted by Crippen LogP contribution is -2.31. The number of ketones is 1. The number of aliphatic hydroxyl groups excluding tert-OH is 1. The van der Waals surface area contributed by atoms with Crippen molar-refractivity contribution in [1.29, 1.82) is 0 Å². The highest BCUT2D eigenvalue weighted by Crippen LogP contribution is 2.26. The number of carbonyl (C=O) groups excluding carboxylic acids is 1. The largest absolute Gasteiger partial charge is 0.393 e. The van der Waals surface area contributed by atoms with Gasteiger partial charge in [0, 0.05) is 29.9 Å². The molecule has 2 N–H and O–H groups in total. The first-order chi connectivity index (χ1) is 12.6. The van der Waals surface area contributed by atoms with Crippen molar-refractivity contribution in [2.75, 3.05) is 0 Å². The second-order valence-corrected chi connectivity index (χ2v) is 6.85. The van der Waals surface area contributed by atoms with Gasteiger partial charge in [-0.3, -0.25) is 19.4 Å². The molecule has 0 unspecified atom stereocenters. The third-order valence-corrected chi connectivity index (χ3v) is 5.26. The molecule has 8 heteroatoms. The minimum absolute atomic E-state index is 0. The van der Waals surface area contributed by atoms with Gasteiger partial charge >= 0.3 is 0 Å². The van der Waals surface area contributed by atoms with Crippen LogP contribution in [0.5, 0.6) is 0 Å². The Bertz CT molecular complexity index is 1110. The quantitative estimate of drug-likeness (QED) is 0.664. The fourth-order valence-corrected chi connectivity index (χ4v) is 3.83. The Morgan fingerprint density at radius 1 is 1.19 bits per heavy atom. The summed E-state index contributed by atoms with van der Waals surface area (Å²) in [5.74, 6) is -0.190. The molecule has 0 aromatic carbocycles. The predicted molar refractivity (Wildman–Crippen MR) is 104 cm³/mol. The van der Waals surface area contributed by atoms with Crippen LogP contribution in [0.4, 0.5) is 0 Å². The number of fused-ring (bicyclic) bond motifs is 3. The average molecular weight is 390 g/mol. The number of halogens is 1. The van der Waals surface area contributed by atoms with Crippen LogP contribution < -0.4 is 11.1 Å². The number of hydrogen-bond acceptors (Lipinski definition) is 5. The van der Waals surface area contributed by atoms with Gasteiger partial charge in [-0.15, -0.1) is 12.4 Å². The molecule has 3 aromatic rings. The Balaban J connectivity index is 0.00000210. The van der Waals surface area contributed by atoms with Gasteiger partial charge in [0.2, 0.25) is 0 Å². The molecule has 1 fully saturated rings. The molecule has 0 atom stereocenters. The summed E-state index contributed by atoms with van der Waals surface area (Å²) in [5.41, 5.74) is -0.185. The second kappa shape index (κ2) is 7.62. The van der Waals surface area contributed by atoms with Crippen LogP contribution >= 0.6 is 12.4 Å². The van der Waals surface area contributed by atoms with E-state index in [0.717, 1.165) is 0 Å². The first-order valence-electron chi connectivity index (χ1n) is 8.75. The molecule has 3 heterocycles. The zero-order valence-corrected chi connectivity index (χ0v) is 15.4. The highest BCUT2D eigenvalue weighted by Gasteiger charge is 2.26. The van der Waals surface area contributed by atoms with Crippen LogP contribution in [0.2, 0.25) is 0 Å². The molecule has 142 valence electrons. The minimum atomic E-state index is -0.339. The van der Waals surface area contributed by atoms with E-state index in [0.29, 0.717) is 47.4 Å². The highest BCUT2D eigenvalue weighted by molar-refractivity contribution is 6.04. The van der Waals surface area contributed by atoms with Gasteiger partial charge in [-0.1, -0.05) is 0 Å². The van der Waals surface area contributed by atoms with Crippen LogP contribution in [0.1, 0.15) is 25.7 Å². The zero-order valence-electron chi connectivity index (χ0n) is 14.6. The Labute approximate surface area is 160 Å². The van der Waals surface area contributed by atoms with Gasteiger partial charge in [0.1, 0.15) is 0 Å². The van der Waals surface area contributed by atoms with E-state index in [1.165, 1.54) is 23.2 Å². The number of rotatable bonds is 3. The molecule has 1 aliphatic carbocycles. The third kappa shape index (κ3) is 3.40. The number of hydrogen-bond donors (Lipinski definition) is 2. The molecule has 7 nitrogen and oxygen atoms in total. The lowest BCUT2D eigenvalue weighted by atomic mass is 9.84. The summed E-state index contributed by atoms with van der Waals surface area (Å²) < 4.78 is 1.39. The summed E-state index contributed by atoms with van der Waals surface area (Å²) in [6.07, 6.45) is 6.61. The lowest BCUT2D eigenvalue weighted by molar-refractivity contribution is -0.125. The van der Waals surface area contributed by atoms with Crippen molar-refractivity contribution in [3.05, 3.63) is 51.4 Å². The van der Waals surface area contributed by atoms with Gasteiger partial charge in [-0.25, -0.2) is 0 Å². The number of Topliss-reactive ketones (excluding diaryl/α,β-unsaturated/α-hetero) is 1. The van der Waals surface area contributed by atoms with Crippen LogP contribution in [-0.4, -0.2) is 31.5 Å². The van der Waals surface area contributed by atoms with Crippen molar-refractivity contribution in [2.45, 2.75) is 38.3 Å². The van der Waals surface area contributed by atoms with Crippen LogP contribution in [0.15, 0.2) is 40.3 Å². The van der Waals surface area contributed by atoms with E-state index in [9.17, 15) is 19.5 Å². The van der Waals surface area contributed by atoms with Gasteiger partial charge in [0.15, 0.2) is 5.78 Å². The van der Waals surface area contributed by atoms with Crippen molar-refractivity contribution >= 4 is 39.9 Å². The Morgan fingerprint density at radius 3 is 2.67 bits per heavy atom. The van der Waals surface area contributed by atoms with E-state index in [2.05, 4.69) is 9.97 Å². The van der Waals surface area contributed by atoms with Crippen molar-refractivity contribution < 1.29 is 9.90 Å². The molecular formula is C19H20ClN3O4. The number of pyridine rings is 3. The third-order valence-electron chi connectivity index (χ3n) is 5.26. The summed E-state index contributed by atoms with van der Waals surface area (Å²) in [4.78, 5) is 44.7. The summed E-state index contributed by atoms with van der Waals surface area (Å²) >= 11 is 0. The molecular weight excluding hydrogens is 370 g/mol. The van der Waals surface area contributed by atoms with Crippen LogP contribution in [-0.2, 0) is 11.3 Å². The Morgan fingerprint density at radius 2 is 1.93 bits per heavy atom. The number of nitrogens with one attached hydrogen (secondary N) is 1. The second-order valence-electron chi connectivity index (χ2n) is 6.85. The number of aromatic nitrogens is 3. The first kappa shape index (κ1) is 19.3. The van der Waals surface area contributed by atoms with E-state index in [-0.39, 0.29) is 47.9 Å². The lowest BCUT2D eigenvalue weighted by Gasteiger charge is -2.24. The highest BCUT2D eigenvalue weighted by atomic mass is 35.5. The van der Waals surface area contributed by atoms with E-state index in [1.807, 2.05) is 0 Å². The van der Waals surface area contributed by atoms with Crippen LogP contribution in [0, 0.1) is 5.92 Å². The molecule has 0 radical (unpaired) electrons. The van der Waals surface area contributed by atoms with E-state index < -0.39 is 0 Å². The molecule has 1 aliphatic rings. The van der Waals surface area contributed by atoms with Gasteiger partial charge in [0.25, 0.3) is 11.1 Å². The fraction of sp³-hybridized carbons (Fsp3) is 0.368. The molecule has 4 rings (SSSR count). The molecule has 0 aliphatic heterocycles. The SMILES string of the molecule is Cl.O=C(Cn1c(=O)c2ccncc2c2c(=O)[nH]ccc21)C1CCC(O)CC1. The van der Waals surface area contributed by atoms with Crippen molar-refractivity contribution in [2.24, 2.45) is 5.92 Å². The molecule has 0 spiro atoms. The standard InChI is InChI=1S/C19H19N3O4.ClH/c23-12-3-1-11(2-4-12)16(24)10-22-15-6-8-21-18(25)17(15)14-9-20-7-5-13(14)19(22)26;/h5-9,11-12,23H,1-4,10H2,(H,21,25);1H. The van der Waals surface area contributed by atoms with Crippen LogP contribution in [0.3, 0.4) is 0 Å². The predicted octanol–water partition coefficient (Wildman–Crippen LogP) is 1.78. The minimum Gasteiger partial charge on any atom is -0.393 e. The van der Waals surface area contributed by atoms with Crippen molar-refractivity contribution in [3.8, 4) is 0 Å². The van der Waals surface area contributed by atoms with Gasteiger partial charge < -0.3 is 14.7 Å². The molecule has 27 heavy (non-hydrogen) atoms. The van der Waals surface area contributed by atoms with Crippen molar-refractivity contribution in [1.82, 2.24) is 14.5 Å². The summed E-state index contributed by atoms with van der Waals surface area (Å²) in [7, 11) is 0. The maximum atomic E-state index is 13.0. The summed E-state index contributed by atoms with van der Waals surface area (Å²) in [5, 5.41) is 10.8. The van der Waals surface area contributed by atoms with Gasteiger partial charge in [-0.05, 0) is 37.8 Å².